The van der Waals surface area contributed by atoms with Gasteiger partial charge in [0, 0.05) is 35.2 Å². The second-order valence-corrected chi connectivity index (χ2v) is 7.22. The van der Waals surface area contributed by atoms with Crippen molar-refractivity contribution in [1.82, 2.24) is 10.3 Å². The Morgan fingerprint density at radius 1 is 1.32 bits per heavy atom. The summed E-state index contributed by atoms with van der Waals surface area (Å²) in [4.78, 5) is 28.4. The maximum absolute atomic E-state index is 12.7. The van der Waals surface area contributed by atoms with Crippen molar-refractivity contribution < 1.29 is 9.53 Å². The van der Waals surface area contributed by atoms with Gasteiger partial charge in [0.25, 0.3) is 5.91 Å². The number of hydrogen-bond donors (Lipinski definition) is 2. The van der Waals surface area contributed by atoms with Crippen LogP contribution >= 0.6 is 0 Å². The van der Waals surface area contributed by atoms with Gasteiger partial charge in [0.2, 0.25) is 5.43 Å². The highest BCUT2D eigenvalue weighted by atomic mass is 16.5. The molecule has 2 aliphatic carbocycles. The van der Waals surface area contributed by atoms with Crippen LogP contribution in [0.4, 0.5) is 0 Å². The molecule has 2 atom stereocenters. The minimum atomic E-state index is -0.279. The standard InChI is InChI=1S/C20H24N2O3/c1-2-25-17-11-16(20(17)9-5-6-10-20)22-19(24)14-12-21-15-8-4-3-7-13(15)18(14)23/h3-4,7-8,12,16-17H,2,5-6,9-11H2,1H3,(H,21,23)(H,22,24). The number of para-hydroxylation sites is 1. The van der Waals surface area contributed by atoms with Gasteiger partial charge in [0.1, 0.15) is 5.56 Å². The van der Waals surface area contributed by atoms with E-state index < -0.39 is 0 Å². The molecule has 2 aromatic rings. The topological polar surface area (TPSA) is 71.2 Å². The van der Waals surface area contributed by atoms with Gasteiger partial charge in [-0.2, -0.15) is 0 Å². The third-order valence-corrected chi connectivity index (χ3v) is 6.03. The lowest BCUT2D eigenvalue weighted by Crippen LogP contribution is -2.63. The molecule has 2 N–H and O–H groups in total. The van der Waals surface area contributed by atoms with Crippen molar-refractivity contribution in [3.63, 3.8) is 0 Å². The van der Waals surface area contributed by atoms with E-state index in [0.29, 0.717) is 12.0 Å². The molecule has 2 saturated carbocycles. The maximum Gasteiger partial charge on any atom is 0.257 e. The first-order valence-electron chi connectivity index (χ1n) is 9.18. The molecule has 5 heteroatoms. The second kappa shape index (κ2) is 6.30. The maximum atomic E-state index is 12.7. The quantitative estimate of drug-likeness (QED) is 0.899. The molecule has 25 heavy (non-hydrogen) atoms. The van der Waals surface area contributed by atoms with Crippen LogP contribution in [-0.4, -0.2) is 29.6 Å². The molecule has 0 radical (unpaired) electrons. The van der Waals surface area contributed by atoms with Crippen LogP contribution in [0.2, 0.25) is 0 Å². The smallest absolute Gasteiger partial charge is 0.257 e. The molecule has 1 heterocycles. The van der Waals surface area contributed by atoms with Gasteiger partial charge in [0.15, 0.2) is 0 Å². The Morgan fingerprint density at radius 3 is 2.84 bits per heavy atom. The lowest BCUT2D eigenvalue weighted by molar-refractivity contribution is -0.127. The summed E-state index contributed by atoms with van der Waals surface area (Å²) in [5.74, 6) is -0.279. The fourth-order valence-corrected chi connectivity index (χ4v) is 4.66. The number of aromatic nitrogens is 1. The minimum absolute atomic E-state index is 0.0648. The van der Waals surface area contributed by atoms with Crippen molar-refractivity contribution in [3.05, 3.63) is 46.2 Å². The van der Waals surface area contributed by atoms with Gasteiger partial charge in [-0.25, -0.2) is 0 Å². The summed E-state index contributed by atoms with van der Waals surface area (Å²) in [6.45, 7) is 2.72. The van der Waals surface area contributed by atoms with Crippen molar-refractivity contribution >= 4 is 16.8 Å². The largest absolute Gasteiger partial charge is 0.378 e. The summed E-state index contributed by atoms with van der Waals surface area (Å²) in [5, 5.41) is 3.67. The summed E-state index contributed by atoms with van der Waals surface area (Å²) in [7, 11) is 0. The Bertz CT molecular complexity index is 851. The minimum Gasteiger partial charge on any atom is -0.378 e. The molecule has 0 aliphatic heterocycles. The molecule has 0 saturated heterocycles. The van der Waals surface area contributed by atoms with E-state index >= 15 is 0 Å². The molecular formula is C20H24N2O3. The van der Waals surface area contributed by atoms with Gasteiger partial charge in [-0.15, -0.1) is 0 Å². The average molecular weight is 340 g/mol. The van der Waals surface area contributed by atoms with E-state index in [4.69, 9.17) is 4.74 Å². The number of H-pyrrole nitrogens is 1. The van der Waals surface area contributed by atoms with Crippen molar-refractivity contribution in [2.24, 2.45) is 5.41 Å². The molecule has 4 rings (SSSR count). The van der Waals surface area contributed by atoms with E-state index in [-0.39, 0.29) is 34.5 Å². The zero-order valence-corrected chi connectivity index (χ0v) is 14.5. The number of nitrogens with one attached hydrogen (secondary N) is 2. The Balaban J connectivity index is 1.57. The fourth-order valence-electron chi connectivity index (χ4n) is 4.66. The van der Waals surface area contributed by atoms with Gasteiger partial charge in [-0.3, -0.25) is 9.59 Å². The fraction of sp³-hybridized carbons (Fsp3) is 0.500. The van der Waals surface area contributed by atoms with E-state index in [1.54, 1.807) is 6.07 Å². The van der Waals surface area contributed by atoms with Gasteiger partial charge >= 0.3 is 0 Å². The summed E-state index contributed by atoms with van der Waals surface area (Å²) < 4.78 is 5.90. The first-order chi connectivity index (χ1) is 12.2. The van der Waals surface area contributed by atoms with Crippen LogP contribution in [0.5, 0.6) is 0 Å². The zero-order chi connectivity index (χ0) is 17.4. The average Bonchev–Trinajstić information content (AvgIpc) is 3.14. The van der Waals surface area contributed by atoms with Crippen molar-refractivity contribution in [3.8, 4) is 0 Å². The van der Waals surface area contributed by atoms with Crippen molar-refractivity contribution in [2.45, 2.75) is 51.2 Å². The van der Waals surface area contributed by atoms with Crippen LogP contribution in [0.15, 0.2) is 35.3 Å². The second-order valence-electron chi connectivity index (χ2n) is 7.22. The predicted octanol–water partition coefficient (Wildman–Crippen LogP) is 3.00. The molecule has 2 aliphatic rings. The van der Waals surface area contributed by atoms with E-state index in [0.717, 1.165) is 24.8 Å². The Morgan fingerprint density at radius 2 is 2.08 bits per heavy atom. The summed E-state index contributed by atoms with van der Waals surface area (Å²) in [6, 6.07) is 7.36. The van der Waals surface area contributed by atoms with E-state index in [1.165, 1.54) is 19.0 Å². The van der Waals surface area contributed by atoms with E-state index in [2.05, 4.69) is 10.3 Å². The summed E-state index contributed by atoms with van der Waals surface area (Å²) in [6.07, 6.45) is 7.16. The molecule has 1 aromatic carbocycles. The predicted molar refractivity (Wildman–Crippen MR) is 96.8 cm³/mol. The van der Waals surface area contributed by atoms with E-state index in [9.17, 15) is 9.59 Å². The normalized spacial score (nSPS) is 24.4. The Kier molecular flexibility index (Phi) is 4.12. The van der Waals surface area contributed by atoms with Crippen LogP contribution in [0.1, 0.15) is 49.4 Å². The third-order valence-electron chi connectivity index (χ3n) is 6.03. The first kappa shape index (κ1) is 16.3. The number of pyridine rings is 1. The molecule has 2 unspecified atom stereocenters. The van der Waals surface area contributed by atoms with Gasteiger partial charge < -0.3 is 15.0 Å². The monoisotopic (exact) mass is 340 g/mol. The number of ether oxygens (including phenoxy) is 1. The number of carbonyl (C=O) groups is 1. The molecular weight excluding hydrogens is 316 g/mol. The van der Waals surface area contributed by atoms with E-state index in [1.807, 2.05) is 25.1 Å². The molecule has 2 fully saturated rings. The summed E-state index contributed by atoms with van der Waals surface area (Å²) in [5.41, 5.74) is 0.783. The van der Waals surface area contributed by atoms with Crippen LogP contribution in [-0.2, 0) is 4.74 Å². The van der Waals surface area contributed by atoms with Crippen LogP contribution < -0.4 is 10.7 Å². The lowest BCUT2D eigenvalue weighted by Gasteiger charge is -2.54. The third kappa shape index (κ3) is 2.58. The number of amides is 1. The highest BCUT2D eigenvalue weighted by molar-refractivity contribution is 5.97. The van der Waals surface area contributed by atoms with Crippen molar-refractivity contribution in [2.75, 3.05) is 6.61 Å². The van der Waals surface area contributed by atoms with Crippen molar-refractivity contribution in [1.29, 1.82) is 0 Å². The number of benzene rings is 1. The number of hydrogen-bond acceptors (Lipinski definition) is 3. The zero-order valence-electron chi connectivity index (χ0n) is 14.5. The number of rotatable bonds is 4. The molecule has 1 aromatic heterocycles. The highest BCUT2D eigenvalue weighted by Gasteiger charge is 2.57. The van der Waals surface area contributed by atoms with Gasteiger partial charge in [0.05, 0.1) is 6.10 Å². The van der Waals surface area contributed by atoms with Gasteiger partial charge in [-0.1, -0.05) is 25.0 Å². The number of fused-ring (bicyclic) bond motifs is 1. The number of carbonyl (C=O) groups excluding carboxylic acids is 1. The van der Waals surface area contributed by atoms with Crippen LogP contribution in [0.3, 0.4) is 0 Å². The Labute approximate surface area is 146 Å². The molecule has 1 amide bonds. The molecule has 5 nitrogen and oxygen atoms in total. The van der Waals surface area contributed by atoms with Crippen LogP contribution in [0, 0.1) is 5.41 Å². The van der Waals surface area contributed by atoms with Gasteiger partial charge in [-0.05, 0) is 38.3 Å². The number of aromatic amines is 1. The first-order valence-corrected chi connectivity index (χ1v) is 9.18. The molecule has 0 bridgehead atoms. The SMILES string of the molecule is CCOC1CC(NC(=O)c2c[nH]c3ccccc3c2=O)C12CCCC2. The molecule has 1 spiro atoms. The summed E-state index contributed by atoms with van der Waals surface area (Å²) >= 11 is 0. The highest BCUT2D eigenvalue weighted by Crippen LogP contribution is 2.54. The molecule has 132 valence electrons. The van der Waals surface area contributed by atoms with Crippen LogP contribution in [0.25, 0.3) is 10.9 Å². The Hall–Kier alpha value is -2.14. The lowest BCUT2D eigenvalue weighted by atomic mass is 9.60.